The first kappa shape index (κ1) is 25.8. The molecule has 1 amide bonds. The van der Waals surface area contributed by atoms with Gasteiger partial charge in [0, 0.05) is 24.1 Å². The van der Waals surface area contributed by atoms with Crippen molar-refractivity contribution < 1.29 is 18.7 Å². The first-order valence-electron chi connectivity index (χ1n) is 12.4. The van der Waals surface area contributed by atoms with Gasteiger partial charge in [0.05, 0.1) is 5.92 Å². The summed E-state index contributed by atoms with van der Waals surface area (Å²) in [7, 11) is 0. The Balaban J connectivity index is 1.39. The van der Waals surface area contributed by atoms with Crippen molar-refractivity contribution >= 4 is 11.7 Å². The number of benzene rings is 4. The third-order valence-corrected chi connectivity index (χ3v) is 6.31. The molecule has 5 heteroatoms. The number of halogens is 1. The van der Waals surface area contributed by atoms with Crippen LogP contribution in [0.25, 0.3) is 0 Å². The van der Waals surface area contributed by atoms with Crippen molar-refractivity contribution in [3.8, 4) is 5.75 Å². The van der Waals surface area contributed by atoms with Gasteiger partial charge >= 0.3 is 0 Å². The van der Waals surface area contributed by atoms with Crippen LogP contribution in [0.2, 0.25) is 0 Å². The second-order valence-electron chi connectivity index (χ2n) is 8.92. The first-order chi connectivity index (χ1) is 18.0. The van der Waals surface area contributed by atoms with E-state index >= 15 is 0 Å². The van der Waals surface area contributed by atoms with Gasteiger partial charge in [0.15, 0.2) is 5.78 Å². The lowest BCUT2D eigenvalue weighted by atomic mass is 9.95. The number of amides is 1. The molecule has 0 aliphatic rings. The first-order valence-corrected chi connectivity index (χ1v) is 12.4. The van der Waals surface area contributed by atoms with Crippen LogP contribution in [0.3, 0.4) is 0 Å². The molecule has 4 nitrogen and oxygen atoms in total. The Morgan fingerprint density at radius 2 is 1.41 bits per heavy atom. The minimum atomic E-state index is -0.518. The van der Waals surface area contributed by atoms with Crippen molar-refractivity contribution in [1.82, 2.24) is 5.32 Å². The Kier molecular flexibility index (Phi) is 8.82. The number of alkyl halides is 1. The molecule has 188 valence electrons. The standard InChI is InChI=1S/C32H30FNO3/c1-23(27-13-8-14-28(21-27)31(35)26-11-6-3-7-12-26)32(36)34-20-19-30(25-9-4-2-5-10-25)37-29-17-15-24(22-33)16-18-29/h2-18,21,23,30H,19-20,22H2,1H3,(H,34,36)/t23-,30+/m0/s1. The van der Waals surface area contributed by atoms with Crippen LogP contribution in [0, 0.1) is 0 Å². The highest BCUT2D eigenvalue weighted by Gasteiger charge is 2.19. The monoisotopic (exact) mass is 495 g/mol. The molecule has 0 saturated carbocycles. The number of rotatable bonds is 11. The summed E-state index contributed by atoms with van der Waals surface area (Å²) < 4.78 is 19.1. The van der Waals surface area contributed by atoms with Gasteiger partial charge in [0.1, 0.15) is 18.5 Å². The summed E-state index contributed by atoms with van der Waals surface area (Å²) in [4.78, 5) is 25.8. The molecule has 0 unspecified atom stereocenters. The topological polar surface area (TPSA) is 55.4 Å². The van der Waals surface area contributed by atoms with Gasteiger partial charge in [0.2, 0.25) is 5.91 Å². The molecule has 4 rings (SSSR count). The molecule has 0 aliphatic carbocycles. The van der Waals surface area contributed by atoms with E-state index in [9.17, 15) is 14.0 Å². The molecule has 4 aromatic carbocycles. The molecule has 0 fully saturated rings. The normalized spacial score (nSPS) is 12.4. The van der Waals surface area contributed by atoms with E-state index in [0.29, 0.717) is 35.4 Å². The SMILES string of the molecule is C[C@H](C(=O)NCC[C@@H](Oc1ccc(CF)cc1)c1ccccc1)c1cccc(C(=O)c2ccccc2)c1. The fraction of sp³-hybridized carbons (Fsp3) is 0.188. The molecule has 1 N–H and O–H groups in total. The zero-order valence-corrected chi connectivity index (χ0v) is 20.8. The fourth-order valence-corrected chi connectivity index (χ4v) is 4.12. The summed E-state index contributed by atoms with van der Waals surface area (Å²) >= 11 is 0. The van der Waals surface area contributed by atoms with E-state index in [0.717, 1.165) is 11.1 Å². The Labute approximate surface area is 217 Å². The van der Waals surface area contributed by atoms with Gasteiger partial charge in [-0.15, -0.1) is 0 Å². The van der Waals surface area contributed by atoms with Crippen LogP contribution in [0.5, 0.6) is 5.75 Å². The highest BCUT2D eigenvalue weighted by molar-refractivity contribution is 6.09. The highest BCUT2D eigenvalue weighted by atomic mass is 19.1. The molecule has 37 heavy (non-hydrogen) atoms. The van der Waals surface area contributed by atoms with Crippen molar-refractivity contribution in [2.45, 2.75) is 32.0 Å². The number of hydrogen-bond donors (Lipinski definition) is 1. The maximum absolute atomic E-state index is 13.0. The average Bonchev–Trinajstić information content (AvgIpc) is 2.97. The summed E-state index contributed by atoms with van der Waals surface area (Å²) in [6.07, 6.45) is 0.278. The summed E-state index contributed by atoms with van der Waals surface area (Å²) in [6.45, 7) is 1.73. The zero-order valence-electron chi connectivity index (χ0n) is 20.8. The molecular formula is C32H30FNO3. The number of ether oxygens (including phenoxy) is 1. The van der Waals surface area contributed by atoms with Gasteiger partial charge in [-0.2, -0.15) is 0 Å². The molecule has 0 aliphatic heterocycles. The van der Waals surface area contributed by atoms with Crippen LogP contribution in [0.15, 0.2) is 109 Å². The predicted octanol–water partition coefficient (Wildman–Crippen LogP) is 6.82. The Morgan fingerprint density at radius 3 is 2.08 bits per heavy atom. The van der Waals surface area contributed by atoms with Crippen LogP contribution >= 0.6 is 0 Å². The molecule has 0 heterocycles. The van der Waals surface area contributed by atoms with E-state index in [2.05, 4.69) is 5.32 Å². The van der Waals surface area contributed by atoms with E-state index in [-0.39, 0.29) is 17.8 Å². The van der Waals surface area contributed by atoms with Gasteiger partial charge in [0.25, 0.3) is 0 Å². The van der Waals surface area contributed by atoms with Crippen LogP contribution in [-0.2, 0) is 11.5 Å². The number of ketones is 1. The van der Waals surface area contributed by atoms with Crippen molar-refractivity contribution in [1.29, 1.82) is 0 Å². The number of hydrogen-bond acceptors (Lipinski definition) is 3. The molecular weight excluding hydrogens is 465 g/mol. The van der Waals surface area contributed by atoms with Crippen molar-refractivity contribution in [2.24, 2.45) is 0 Å². The zero-order chi connectivity index (χ0) is 26.0. The van der Waals surface area contributed by atoms with Crippen molar-refractivity contribution in [3.05, 3.63) is 137 Å². The third-order valence-electron chi connectivity index (χ3n) is 6.31. The second-order valence-corrected chi connectivity index (χ2v) is 8.92. The lowest BCUT2D eigenvalue weighted by molar-refractivity contribution is -0.122. The Bertz CT molecular complexity index is 1310. The van der Waals surface area contributed by atoms with E-state index < -0.39 is 12.6 Å². The highest BCUT2D eigenvalue weighted by Crippen LogP contribution is 2.25. The minimum Gasteiger partial charge on any atom is -0.486 e. The molecule has 0 saturated heterocycles. The maximum atomic E-state index is 13.0. The average molecular weight is 496 g/mol. The van der Waals surface area contributed by atoms with E-state index in [1.165, 1.54) is 0 Å². The van der Waals surface area contributed by atoms with Crippen LogP contribution in [-0.4, -0.2) is 18.2 Å². The molecule has 0 radical (unpaired) electrons. The van der Waals surface area contributed by atoms with Crippen LogP contribution in [0.1, 0.15) is 58.0 Å². The summed E-state index contributed by atoms with van der Waals surface area (Å²) in [5.74, 6) is 0.0272. The largest absolute Gasteiger partial charge is 0.486 e. The predicted molar refractivity (Wildman–Crippen MR) is 143 cm³/mol. The summed E-state index contributed by atoms with van der Waals surface area (Å²) in [6, 6.07) is 33.1. The third kappa shape index (κ3) is 6.91. The minimum absolute atomic E-state index is 0.0718. The number of nitrogens with one attached hydrogen (secondary N) is 1. The van der Waals surface area contributed by atoms with Gasteiger partial charge in [-0.05, 0) is 41.8 Å². The van der Waals surface area contributed by atoms with Crippen LogP contribution < -0.4 is 10.1 Å². The molecule has 0 bridgehead atoms. The van der Waals surface area contributed by atoms with Gasteiger partial charge in [-0.1, -0.05) is 91.0 Å². The van der Waals surface area contributed by atoms with E-state index in [4.69, 9.17) is 4.74 Å². The fourth-order valence-electron chi connectivity index (χ4n) is 4.12. The number of carbonyl (C=O) groups excluding carboxylic acids is 2. The van der Waals surface area contributed by atoms with E-state index in [1.54, 1.807) is 48.5 Å². The van der Waals surface area contributed by atoms with Gasteiger partial charge < -0.3 is 10.1 Å². The van der Waals surface area contributed by atoms with Gasteiger partial charge in [-0.25, -0.2) is 4.39 Å². The smallest absolute Gasteiger partial charge is 0.227 e. The summed E-state index contributed by atoms with van der Waals surface area (Å²) in [5, 5.41) is 3.01. The van der Waals surface area contributed by atoms with E-state index in [1.807, 2.05) is 67.6 Å². The van der Waals surface area contributed by atoms with Crippen LogP contribution in [0.4, 0.5) is 4.39 Å². The molecule has 2 atom stereocenters. The van der Waals surface area contributed by atoms with Crippen molar-refractivity contribution in [2.75, 3.05) is 6.54 Å². The maximum Gasteiger partial charge on any atom is 0.227 e. The molecule has 4 aromatic rings. The Morgan fingerprint density at radius 1 is 0.784 bits per heavy atom. The molecule has 0 aromatic heterocycles. The Hall–Kier alpha value is -4.25. The van der Waals surface area contributed by atoms with Gasteiger partial charge in [-0.3, -0.25) is 9.59 Å². The second kappa shape index (κ2) is 12.6. The summed E-state index contributed by atoms with van der Waals surface area (Å²) in [5.41, 5.74) is 3.54. The van der Waals surface area contributed by atoms with Crippen molar-refractivity contribution in [3.63, 3.8) is 0 Å². The number of carbonyl (C=O) groups is 2. The quantitative estimate of drug-likeness (QED) is 0.232. The lowest BCUT2D eigenvalue weighted by Crippen LogP contribution is -2.30. The lowest BCUT2D eigenvalue weighted by Gasteiger charge is -2.21. The molecule has 0 spiro atoms.